The van der Waals surface area contributed by atoms with E-state index in [0.29, 0.717) is 13.2 Å². The summed E-state index contributed by atoms with van der Waals surface area (Å²) in [5.74, 6) is 0. The SMILES string of the molecule is O=C(O)N1CC(O)(C(O)CC2OCCO2)C1. The second-order valence-corrected chi connectivity index (χ2v) is 4.16. The van der Waals surface area contributed by atoms with Gasteiger partial charge in [0.2, 0.25) is 0 Å². The van der Waals surface area contributed by atoms with Gasteiger partial charge in [0.1, 0.15) is 5.60 Å². The molecule has 92 valence electrons. The van der Waals surface area contributed by atoms with E-state index in [1.165, 1.54) is 0 Å². The fourth-order valence-corrected chi connectivity index (χ4v) is 1.91. The molecule has 0 aromatic rings. The van der Waals surface area contributed by atoms with Crippen LogP contribution in [0.1, 0.15) is 6.42 Å². The summed E-state index contributed by atoms with van der Waals surface area (Å²) in [7, 11) is 0. The van der Waals surface area contributed by atoms with Crippen molar-refractivity contribution in [1.82, 2.24) is 4.90 Å². The van der Waals surface area contributed by atoms with E-state index in [4.69, 9.17) is 14.6 Å². The van der Waals surface area contributed by atoms with E-state index in [0.717, 1.165) is 4.90 Å². The molecule has 3 N–H and O–H groups in total. The van der Waals surface area contributed by atoms with Crippen LogP contribution in [0.4, 0.5) is 4.79 Å². The van der Waals surface area contributed by atoms with Crippen molar-refractivity contribution < 1.29 is 29.6 Å². The minimum atomic E-state index is -1.37. The molecule has 1 unspecified atom stereocenters. The van der Waals surface area contributed by atoms with Gasteiger partial charge in [0, 0.05) is 6.42 Å². The molecule has 0 aliphatic carbocycles. The van der Waals surface area contributed by atoms with E-state index >= 15 is 0 Å². The lowest BCUT2D eigenvalue weighted by Crippen LogP contribution is -2.68. The Balaban J connectivity index is 1.81. The molecule has 0 spiro atoms. The molecular formula is C9H15NO6. The van der Waals surface area contributed by atoms with E-state index in [2.05, 4.69) is 0 Å². The quantitative estimate of drug-likeness (QED) is 0.568. The molecule has 2 aliphatic heterocycles. The zero-order valence-corrected chi connectivity index (χ0v) is 8.70. The number of aliphatic hydroxyl groups excluding tert-OH is 1. The van der Waals surface area contributed by atoms with Crippen LogP contribution in [0.5, 0.6) is 0 Å². The number of likely N-dealkylation sites (tertiary alicyclic amines) is 1. The zero-order valence-electron chi connectivity index (χ0n) is 8.70. The number of nitrogens with zero attached hydrogens (tertiary/aromatic N) is 1. The topological polar surface area (TPSA) is 99.5 Å². The average Bonchev–Trinajstić information content (AvgIpc) is 2.64. The molecule has 1 atom stereocenters. The first kappa shape index (κ1) is 11.6. The molecule has 7 heteroatoms. The van der Waals surface area contributed by atoms with Crippen LogP contribution in [0, 0.1) is 0 Å². The van der Waals surface area contributed by atoms with Crippen molar-refractivity contribution >= 4 is 6.09 Å². The molecule has 7 nitrogen and oxygen atoms in total. The summed E-state index contributed by atoms with van der Waals surface area (Å²) in [6.07, 6.45) is -2.47. The largest absolute Gasteiger partial charge is 0.465 e. The lowest BCUT2D eigenvalue weighted by molar-refractivity contribution is -0.177. The summed E-state index contributed by atoms with van der Waals surface area (Å²) < 4.78 is 10.3. The number of β-amino-alcohol motifs (C(OH)–C–C–N with tert-alkyl or cyclic N) is 1. The molecule has 0 aromatic heterocycles. The third-order valence-electron chi connectivity index (χ3n) is 2.93. The first-order valence-electron chi connectivity index (χ1n) is 5.13. The van der Waals surface area contributed by atoms with E-state index in [1.807, 2.05) is 0 Å². The third-order valence-corrected chi connectivity index (χ3v) is 2.93. The highest BCUT2D eigenvalue weighted by atomic mass is 16.7. The number of rotatable bonds is 3. The molecule has 0 saturated carbocycles. The highest BCUT2D eigenvalue weighted by molar-refractivity contribution is 5.66. The van der Waals surface area contributed by atoms with Crippen LogP contribution in [0.2, 0.25) is 0 Å². The molecule has 2 rings (SSSR count). The summed E-state index contributed by atoms with van der Waals surface area (Å²) in [4.78, 5) is 11.6. The maximum atomic E-state index is 10.5. The van der Waals surface area contributed by atoms with Gasteiger partial charge in [0.15, 0.2) is 6.29 Å². The monoisotopic (exact) mass is 233 g/mol. The minimum absolute atomic E-state index is 0.0732. The Morgan fingerprint density at radius 1 is 1.44 bits per heavy atom. The number of hydrogen-bond acceptors (Lipinski definition) is 5. The highest BCUT2D eigenvalue weighted by Crippen LogP contribution is 2.28. The summed E-state index contributed by atoms with van der Waals surface area (Å²) >= 11 is 0. The van der Waals surface area contributed by atoms with Crippen LogP contribution >= 0.6 is 0 Å². The maximum absolute atomic E-state index is 10.5. The van der Waals surface area contributed by atoms with Crippen LogP contribution in [-0.2, 0) is 9.47 Å². The third kappa shape index (κ3) is 2.12. The fourth-order valence-electron chi connectivity index (χ4n) is 1.91. The Morgan fingerprint density at radius 3 is 2.50 bits per heavy atom. The Morgan fingerprint density at radius 2 is 2.00 bits per heavy atom. The molecular weight excluding hydrogens is 218 g/mol. The van der Waals surface area contributed by atoms with Gasteiger partial charge in [-0.05, 0) is 0 Å². The predicted molar refractivity (Wildman–Crippen MR) is 50.9 cm³/mol. The molecule has 2 fully saturated rings. The Bertz CT molecular complexity index is 271. The maximum Gasteiger partial charge on any atom is 0.407 e. The first-order chi connectivity index (χ1) is 7.51. The van der Waals surface area contributed by atoms with Crippen molar-refractivity contribution in [3.63, 3.8) is 0 Å². The van der Waals surface area contributed by atoms with Gasteiger partial charge in [-0.25, -0.2) is 4.79 Å². The highest BCUT2D eigenvalue weighted by Gasteiger charge is 2.49. The smallest absolute Gasteiger partial charge is 0.407 e. The summed E-state index contributed by atoms with van der Waals surface area (Å²) in [6, 6.07) is 0. The standard InChI is InChI=1S/C9H15NO6/c11-6(3-7-15-1-2-16-7)9(14)4-10(5-9)8(12)13/h6-7,11,14H,1-5H2,(H,12,13). The van der Waals surface area contributed by atoms with Crippen LogP contribution in [0.15, 0.2) is 0 Å². The molecule has 2 heterocycles. The van der Waals surface area contributed by atoms with Crippen LogP contribution in [-0.4, -0.2) is 70.6 Å². The molecule has 2 saturated heterocycles. The lowest BCUT2D eigenvalue weighted by Gasteiger charge is -2.47. The number of hydrogen-bond donors (Lipinski definition) is 3. The van der Waals surface area contributed by atoms with Gasteiger partial charge in [-0.3, -0.25) is 0 Å². The number of ether oxygens (including phenoxy) is 2. The van der Waals surface area contributed by atoms with Gasteiger partial charge in [0.25, 0.3) is 0 Å². The van der Waals surface area contributed by atoms with E-state index in [-0.39, 0.29) is 19.5 Å². The second kappa shape index (κ2) is 4.17. The molecule has 0 bridgehead atoms. The summed E-state index contributed by atoms with van der Waals surface area (Å²) in [6.45, 7) is 0.820. The Kier molecular flexibility index (Phi) is 3.02. The zero-order chi connectivity index (χ0) is 11.8. The number of amides is 1. The number of aliphatic hydroxyl groups is 2. The van der Waals surface area contributed by atoms with E-state index in [1.54, 1.807) is 0 Å². The van der Waals surface area contributed by atoms with E-state index < -0.39 is 24.1 Å². The molecule has 16 heavy (non-hydrogen) atoms. The first-order valence-corrected chi connectivity index (χ1v) is 5.13. The molecule has 0 aromatic carbocycles. The lowest BCUT2D eigenvalue weighted by atomic mass is 9.86. The van der Waals surface area contributed by atoms with Gasteiger partial charge < -0.3 is 29.7 Å². The molecule has 2 aliphatic rings. The van der Waals surface area contributed by atoms with Crippen molar-refractivity contribution in [2.24, 2.45) is 0 Å². The molecule has 1 amide bonds. The van der Waals surface area contributed by atoms with Gasteiger partial charge >= 0.3 is 6.09 Å². The summed E-state index contributed by atoms with van der Waals surface area (Å²) in [5, 5.41) is 28.3. The van der Waals surface area contributed by atoms with E-state index in [9.17, 15) is 15.0 Å². The minimum Gasteiger partial charge on any atom is -0.465 e. The van der Waals surface area contributed by atoms with Crippen LogP contribution in [0.3, 0.4) is 0 Å². The van der Waals surface area contributed by atoms with Crippen molar-refractivity contribution in [1.29, 1.82) is 0 Å². The number of carbonyl (C=O) groups is 1. The van der Waals surface area contributed by atoms with Crippen molar-refractivity contribution in [3.8, 4) is 0 Å². The van der Waals surface area contributed by atoms with Crippen molar-refractivity contribution in [2.45, 2.75) is 24.4 Å². The van der Waals surface area contributed by atoms with Gasteiger partial charge in [0.05, 0.1) is 32.4 Å². The van der Waals surface area contributed by atoms with Gasteiger partial charge in [-0.2, -0.15) is 0 Å². The van der Waals surface area contributed by atoms with Crippen LogP contribution in [0.25, 0.3) is 0 Å². The Labute approximate surface area is 92.2 Å². The van der Waals surface area contributed by atoms with Gasteiger partial charge in [-0.1, -0.05) is 0 Å². The normalized spacial score (nSPS) is 26.5. The average molecular weight is 233 g/mol. The fraction of sp³-hybridized carbons (Fsp3) is 0.889. The van der Waals surface area contributed by atoms with Crippen molar-refractivity contribution in [2.75, 3.05) is 26.3 Å². The number of carboxylic acid groups (broad SMARTS) is 1. The summed E-state index contributed by atoms with van der Waals surface area (Å²) in [5.41, 5.74) is -1.37. The predicted octanol–water partition coefficient (Wildman–Crippen LogP) is -1.16. The van der Waals surface area contributed by atoms with Gasteiger partial charge in [-0.15, -0.1) is 0 Å². The van der Waals surface area contributed by atoms with Crippen LogP contribution < -0.4 is 0 Å². The Hall–Kier alpha value is -0.890. The second-order valence-electron chi connectivity index (χ2n) is 4.16. The molecule has 0 radical (unpaired) electrons. The van der Waals surface area contributed by atoms with Crippen molar-refractivity contribution in [3.05, 3.63) is 0 Å².